The predicted octanol–water partition coefficient (Wildman–Crippen LogP) is 1.23. The summed E-state index contributed by atoms with van der Waals surface area (Å²) >= 11 is 0. The van der Waals surface area contributed by atoms with Crippen molar-refractivity contribution in [3.8, 4) is 0 Å². The minimum atomic E-state index is -3.01. The summed E-state index contributed by atoms with van der Waals surface area (Å²) in [6.07, 6.45) is -3.01. The fraction of sp³-hybridized carbons (Fsp3) is 0.286. The molecule has 72 valence electrons. The first-order valence-electron chi connectivity index (χ1n) is 3.40. The second kappa shape index (κ2) is 3.61. The second-order valence-corrected chi connectivity index (χ2v) is 2.35. The number of hydrogen-bond acceptors (Lipinski definition) is 3. The molecule has 0 radical (unpaired) electrons. The Morgan fingerprint density at radius 1 is 1.54 bits per heavy atom. The van der Waals surface area contributed by atoms with Crippen molar-refractivity contribution in [3.05, 3.63) is 23.3 Å². The van der Waals surface area contributed by atoms with Gasteiger partial charge in [-0.1, -0.05) is 0 Å². The smallest absolute Gasteiger partial charge is 0.283 e. The van der Waals surface area contributed by atoms with Crippen LogP contribution in [0.3, 0.4) is 0 Å². The van der Waals surface area contributed by atoms with Crippen LogP contribution in [-0.4, -0.2) is 10.1 Å². The van der Waals surface area contributed by atoms with Gasteiger partial charge in [0.15, 0.2) is 5.82 Å². The van der Waals surface area contributed by atoms with Crippen LogP contribution in [0.2, 0.25) is 0 Å². The average molecular weight is 192 g/mol. The lowest BCUT2D eigenvalue weighted by Gasteiger charge is -2.05. The van der Waals surface area contributed by atoms with Crippen LogP contribution in [0.4, 0.5) is 18.9 Å². The van der Waals surface area contributed by atoms with Crippen molar-refractivity contribution in [1.29, 1.82) is 0 Å². The van der Waals surface area contributed by atoms with Crippen molar-refractivity contribution < 1.29 is 18.3 Å². The van der Waals surface area contributed by atoms with Crippen LogP contribution in [0.15, 0.2) is 6.07 Å². The molecule has 6 heteroatoms. The summed E-state index contributed by atoms with van der Waals surface area (Å²) in [5, 5.41) is 8.61. The van der Waals surface area contributed by atoms with Gasteiger partial charge in [-0.25, -0.2) is 18.2 Å². The number of nitrogens with zero attached hydrogens (tertiary/aromatic N) is 1. The molecule has 3 nitrogen and oxygen atoms in total. The first kappa shape index (κ1) is 9.79. The van der Waals surface area contributed by atoms with Crippen LogP contribution in [0.1, 0.15) is 17.8 Å². The maximum absolute atomic E-state index is 12.7. The molecule has 0 unspecified atom stereocenters. The van der Waals surface area contributed by atoms with E-state index in [0.717, 1.165) is 6.07 Å². The molecule has 0 aliphatic carbocycles. The van der Waals surface area contributed by atoms with E-state index in [0.29, 0.717) is 0 Å². The van der Waals surface area contributed by atoms with Crippen molar-refractivity contribution in [2.75, 3.05) is 5.73 Å². The van der Waals surface area contributed by atoms with E-state index in [1.807, 2.05) is 0 Å². The maximum atomic E-state index is 12.7. The summed E-state index contributed by atoms with van der Waals surface area (Å²) < 4.78 is 36.8. The Morgan fingerprint density at radius 3 is 2.62 bits per heavy atom. The number of halogens is 3. The highest BCUT2D eigenvalue weighted by atomic mass is 19.3. The summed E-state index contributed by atoms with van der Waals surface area (Å²) in [7, 11) is 0. The zero-order valence-electron chi connectivity index (χ0n) is 6.47. The summed E-state index contributed by atoms with van der Waals surface area (Å²) in [6, 6.07) is 0.722. The highest BCUT2D eigenvalue weighted by Crippen LogP contribution is 2.23. The lowest BCUT2D eigenvalue weighted by atomic mass is 10.2. The Bertz CT molecular complexity index is 317. The average Bonchev–Trinajstić information content (AvgIpc) is 2.03. The van der Waals surface area contributed by atoms with Crippen molar-refractivity contribution in [1.82, 2.24) is 4.98 Å². The summed E-state index contributed by atoms with van der Waals surface area (Å²) in [5.74, 6) is -1.16. The Morgan fingerprint density at radius 2 is 2.15 bits per heavy atom. The SMILES string of the molecule is Nc1cc(F)c(C(F)F)nc1CO. The molecule has 13 heavy (non-hydrogen) atoms. The maximum Gasteiger partial charge on any atom is 0.283 e. The molecule has 3 N–H and O–H groups in total. The molecule has 0 saturated carbocycles. The lowest BCUT2D eigenvalue weighted by Crippen LogP contribution is -2.04. The fourth-order valence-electron chi connectivity index (χ4n) is 0.837. The zero-order valence-corrected chi connectivity index (χ0v) is 6.47. The zero-order chi connectivity index (χ0) is 10.0. The van der Waals surface area contributed by atoms with Crippen LogP contribution in [-0.2, 0) is 6.61 Å². The molecule has 0 spiro atoms. The van der Waals surface area contributed by atoms with Crippen LogP contribution >= 0.6 is 0 Å². The number of hydrogen-bond donors (Lipinski definition) is 2. The minimum absolute atomic E-state index is 0.135. The van der Waals surface area contributed by atoms with E-state index >= 15 is 0 Å². The number of nitrogen functional groups attached to an aromatic ring is 1. The van der Waals surface area contributed by atoms with E-state index in [-0.39, 0.29) is 11.4 Å². The number of pyridine rings is 1. The molecule has 1 aromatic heterocycles. The Labute approximate surface area is 72.0 Å². The molecule has 0 bridgehead atoms. The molecule has 0 aliphatic rings. The van der Waals surface area contributed by atoms with E-state index in [2.05, 4.69) is 4.98 Å². The third kappa shape index (κ3) is 1.89. The van der Waals surface area contributed by atoms with Crippen molar-refractivity contribution in [3.63, 3.8) is 0 Å². The van der Waals surface area contributed by atoms with Gasteiger partial charge in [0.1, 0.15) is 5.69 Å². The summed E-state index contributed by atoms with van der Waals surface area (Å²) in [6.45, 7) is -0.591. The Hall–Kier alpha value is -1.30. The normalized spacial score (nSPS) is 10.8. The fourth-order valence-corrected chi connectivity index (χ4v) is 0.837. The van der Waals surface area contributed by atoms with E-state index in [1.54, 1.807) is 0 Å². The van der Waals surface area contributed by atoms with Gasteiger partial charge < -0.3 is 10.8 Å². The molecule has 0 amide bonds. The predicted molar refractivity (Wildman–Crippen MR) is 39.5 cm³/mol. The quantitative estimate of drug-likeness (QED) is 0.740. The number of nitrogens with two attached hydrogens (primary N) is 1. The number of aliphatic hydroxyl groups excluding tert-OH is 1. The molecule has 0 fully saturated rings. The molecule has 0 aromatic carbocycles. The van der Waals surface area contributed by atoms with E-state index in [1.165, 1.54) is 0 Å². The van der Waals surface area contributed by atoms with E-state index < -0.39 is 24.5 Å². The van der Waals surface area contributed by atoms with Gasteiger partial charge >= 0.3 is 0 Å². The Kier molecular flexibility index (Phi) is 2.72. The van der Waals surface area contributed by atoms with Crippen LogP contribution in [0.5, 0.6) is 0 Å². The first-order valence-corrected chi connectivity index (χ1v) is 3.40. The molecule has 0 saturated heterocycles. The van der Waals surface area contributed by atoms with Gasteiger partial charge in [-0.15, -0.1) is 0 Å². The molecule has 0 aliphatic heterocycles. The van der Waals surface area contributed by atoms with Crippen molar-refractivity contribution >= 4 is 5.69 Å². The van der Waals surface area contributed by atoms with E-state index in [9.17, 15) is 13.2 Å². The van der Waals surface area contributed by atoms with Gasteiger partial charge in [-0.2, -0.15) is 0 Å². The van der Waals surface area contributed by atoms with Gasteiger partial charge in [0.05, 0.1) is 18.0 Å². The van der Waals surface area contributed by atoms with Crippen LogP contribution < -0.4 is 5.73 Å². The molecule has 1 heterocycles. The van der Waals surface area contributed by atoms with Crippen LogP contribution in [0, 0.1) is 5.82 Å². The standard InChI is InChI=1S/C7H7F3N2O/c8-3-1-4(11)5(2-13)12-6(3)7(9)10/h1,7,13H,2,11H2. The highest BCUT2D eigenvalue weighted by molar-refractivity contribution is 5.43. The van der Waals surface area contributed by atoms with Gasteiger partial charge in [0, 0.05) is 6.07 Å². The second-order valence-electron chi connectivity index (χ2n) is 2.35. The van der Waals surface area contributed by atoms with E-state index in [4.69, 9.17) is 10.8 Å². The molecular formula is C7H7F3N2O. The minimum Gasteiger partial charge on any atom is -0.397 e. The molecular weight excluding hydrogens is 185 g/mol. The largest absolute Gasteiger partial charge is 0.397 e. The summed E-state index contributed by atoms with van der Waals surface area (Å²) in [4.78, 5) is 3.19. The molecule has 0 atom stereocenters. The number of rotatable bonds is 2. The number of aromatic nitrogens is 1. The highest BCUT2D eigenvalue weighted by Gasteiger charge is 2.17. The third-order valence-electron chi connectivity index (χ3n) is 1.47. The van der Waals surface area contributed by atoms with Crippen molar-refractivity contribution in [2.45, 2.75) is 13.0 Å². The van der Waals surface area contributed by atoms with Gasteiger partial charge in [-0.05, 0) is 0 Å². The lowest BCUT2D eigenvalue weighted by molar-refractivity contribution is 0.139. The van der Waals surface area contributed by atoms with Crippen LogP contribution in [0.25, 0.3) is 0 Å². The molecule has 1 aromatic rings. The van der Waals surface area contributed by atoms with Gasteiger partial charge in [0.2, 0.25) is 0 Å². The van der Waals surface area contributed by atoms with Gasteiger partial charge in [-0.3, -0.25) is 0 Å². The number of anilines is 1. The third-order valence-corrected chi connectivity index (χ3v) is 1.47. The van der Waals surface area contributed by atoms with Gasteiger partial charge in [0.25, 0.3) is 6.43 Å². The topological polar surface area (TPSA) is 59.1 Å². The number of aliphatic hydroxyl groups is 1. The molecule has 1 rings (SSSR count). The Balaban J connectivity index is 3.22. The van der Waals surface area contributed by atoms with Crippen molar-refractivity contribution in [2.24, 2.45) is 0 Å². The summed E-state index contributed by atoms with van der Waals surface area (Å²) in [5.41, 5.74) is 3.93. The monoisotopic (exact) mass is 192 g/mol. The first-order chi connectivity index (χ1) is 6.06. The number of alkyl halides is 2.